The number of allylic oxidation sites excluding steroid dienone is 1. The van der Waals surface area contributed by atoms with E-state index in [1.165, 1.54) is 16.7 Å². The first-order valence-electron chi connectivity index (χ1n) is 9.81. The SMILES string of the molecule is COc1cc(Cl)cc(OC)c1OCCNCC1=CCCc2c1ccc(OC)c2OC. The molecule has 0 atom stereocenters. The van der Waals surface area contributed by atoms with Crippen LogP contribution >= 0.6 is 11.6 Å². The summed E-state index contributed by atoms with van der Waals surface area (Å²) in [5, 5.41) is 3.98. The molecule has 1 aliphatic carbocycles. The lowest BCUT2D eigenvalue weighted by Gasteiger charge is -2.22. The lowest BCUT2D eigenvalue weighted by molar-refractivity contribution is 0.275. The Kier molecular flexibility index (Phi) is 7.71. The topological polar surface area (TPSA) is 58.2 Å². The molecule has 7 heteroatoms. The van der Waals surface area contributed by atoms with Crippen molar-refractivity contribution in [3.63, 3.8) is 0 Å². The molecule has 0 aromatic heterocycles. The number of ether oxygens (including phenoxy) is 5. The number of hydrogen-bond acceptors (Lipinski definition) is 6. The van der Waals surface area contributed by atoms with Crippen molar-refractivity contribution in [3.8, 4) is 28.7 Å². The molecule has 0 bridgehead atoms. The molecule has 3 rings (SSSR count). The third-order valence-corrected chi connectivity index (χ3v) is 5.26. The maximum absolute atomic E-state index is 6.08. The van der Waals surface area contributed by atoms with Crippen LogP contribution < -0.4 is 29.0 Å². The highest BCUT2D eigenvalue weighted by molar-refractivity contribution is 6.31. The van der Waals surface area contributed by atoms with E-state index in [4.69, 9.17) is 35.3 Å². The monoisotopic (exact) mass is 433 g/mol. The van der Waals surface area contributed by atoms with E-state index >= 15 is 0 Å². The normalized spacial score (nSPS) is 12.6. The second kappa shape index (κ2) is 10.5. The van der Waals surface area contributed by atoms with E-state index in [1.807, 2.05) is 6.07 Å². The van der Waals surface area contributed by atoms with Gasteiger partial charge in [0, 0.05) is 35.8 Å². The highest BCUT2D eigenvalue weighted by Crippen LogP contribution is 2.40. The van der Waals surface area contributed by atoms with Crippen molar-refractivity contribution >= 4 is 17.2 Å². The molecule has 0 aliphatic heterocycles. The van der Waals surface area contributed by atoms with Gasteiger partial charge in [-0.2, -0.15) is 0 Å². The molecule has 0 saturated heterocycles. The Morgan fingerprint density at radius 1 is 0.900 bits per heavy atom. The van der Waals surface area contributed by atoms with Gasteiger partial charge in [-0.1, -0.05) is 23.7 Å². The van der Waals surface area contributed by atoms with Gasteiger partial charge in [0.05, 0.1) is 28.4 Å². The molecule has 0 radical (unpaired) electrons. The Bertz CT molecular complexity index is 888. The van der Waals surface area contributed by atoms with Crippen LogP contribution in [0.1, 0.15) is 17.5 Å². The highest BCUT2D eigenvalue weighted by atomic mass is 35.5. The second-order valence-electron chi connectivity index (χ2n) is 6.76. The summed E-state index contributed by atoms with van der Waals surface area (Å²) in [5.41, 5.74) is 3.65. The Balaban J connectivity index is 1.60. The van der Waals surface area contributed by atoms with E-state index in [1.54, 1.807) is 40.6 Å². The van der Waals surface area contributed by atoms with Gasteiger partial charge in [0.2, 0.25) is 5.75 Å². The van der Waals surface area contributed by atoms with Gasteiger partial charge in [-0.25, -0.2) is 0 Å². The average molecular weight is 434 g/mol. The minimum atomic E-state index is 0.459. The molecule has 2 aromatic rings. The van der Waals surface area contributed by atoms with E-state index in [0.717, 1.165) is 30.9 Å². The molecule has 0 amide bonds. The predicted octanol–water partition coefficient (Wildman–Crippen LogP) is 4.37. The summed E-state index contributed by atoms with van der Waals surface area (Å²) in [7, 11) is 6.50. The zero-order chi connectivity index (χ0) is 21.5. The lowest BCUT2D eigenvalue weighted by Crippen LogP contribution is -2.24. The molecule has 0 spiro atoms. The first-order valence-corrected chi connectivity index (χ1v) is 10.2. The number of halogens is 1. The maximum atomic E-state index is 6.08. The zero-order valence-corrected chi connectivity index (χ0v) is 18.6. The molecular formula is C23H28ClNO5. The molecule has 30 heavy (non-hydrogen) atoms. The summed E-state index contributed by atoms with van der Waals surface area (Å²) >= 11 is 6.08. The van der Waals surface area contributed by atoms with Crippen LogP contribution in [0.25, 0.3) is 5.57 Å². The fourth-order valence-corrected chi connectivity index (χ4v) is 3.84. The molecule has 1 N–H and O–H groups in total. The van der Waals surface area contributed by atoms with E-state index in [2.05, 4.69) is 17.5 Å². The highest BCUT2D eigenvalue weighted by Gasteiger charge is 2.20. The maximum Gasteiger partial charge on any atom is 0.203 e. The van der Waals surface area contributed by atoms with Crippen LogP contribution in [0.4, 0.5) is 0 Å². The number of methoxy groups -OCH3 is 4. The van der Waals surface area contributed by atoms with E-state index in [0.29, 0.717) is 35.4 Å². The summed E-state index contributed by atoms with van der Waals surface area (Å²) in [4.78, 5) is 0. The molecule has 0 saturated carbocycles. The van der Waals surface area contributed by atoms with Gasteiger partial charge in [0.25, 0.3) is 0 Å². The number of nitrogens with one attached hydrogen (secondary N) is 1. The number of rotatable bonds is 10. The molecule has 162 valence electrons. The van der Waals surface area contributed by atoms with E-state index < -0.39 is 0 Å². The Morgan fingerprint density at radius 3 is 2.23 bits per heavy atom. The van der Waals surface area contributed by atoms with Gasteiger partial charge in [0.15, 0.2) is 23.0 Å². The molecule has 2 aromatic carbocycles. The van der Waals surface area contributed by atoms with Gasteiger partial charge < -0.3 is 29.0 Å². The number of fused-ring (bicyclic) bond motifs is 1. The minimum Gasteiger partial charge on any atom is -0.493 e. The fourth-order valence-electron chi connectivity index (χ4n) is 3.65. The average Bonchev–Trinajstić information content (AvgIpc) is 2.78. The van der Waals surface area contributed by atoms with Crippen LogP contribution in [0.3, 0.4) is 0 Å². The van der Waals surface area contributed by atoms with E-state index in [-0.39, 0.29) is 0 Å². The van der Waals surface area contributed by atoms with Crippen LogP contribution in [-0.2, 0) is 6.42 Å². The predicted molar refractivity (Wildman–Crippen MR) is 119 cm³/mol. The van der Waals surface area contributed by atoms with Crippen LogP contribution in [-0.4, -0.2) is 48.1 Å². The number of benzene rings is 2. The molecular weight excluding hydrogens is 406 g/mol. The lowest BCUT2D eigenvalue weighted by atomic mass is 9.89. The van der Waals surface area contributed by atoms with Crippen molar-refractivity contribution in [3.05, 3.63) is 46.5 Å². The van der Waals surface area contributed by atoms with Gasteiger partial charge in [-0.05, 0) is 30.0 Å². The van der Waals surface area contributed by atoms with Crippen molar-refractivity contribution < 1.29 is 23.7 Å². The standard InChI is InChI=1S/C23H28ClNO5/c1-26-19-9-8-17-15(6-5-7-18(17)22(19)29-4)14-25-10-11-30-23-20(27-2)12-16(24)13-21(23)28-3/h6,8-9,12-13,25H,5,7,10-11,14H2,1-4H3. The van der Waals surface area contributed by atoms with Crippen LogP contribution in [0.15, 0.2) is 30.3 Å². The van der Waals surface area contributed by atoms with Gasteiger partial charge in [-0.3, -0.25) is 0 Å². The molecule has 0 unspecified atom stereocenters. The summed E-state index contributed by atoms with van der Waals surface area (Å²) in [6, 6.07) is 7.47. The van der Waals surface area contributed by atoms with Gasteiger partial charge >= 0.3 is 0 Å². The van der Waals surface area contributed by atoms with Crippen molar-refractivity contribution in [2.24, 2.45) is 0 Å². The number of hydrogen-bond donors (Lipinski definition) is 1. The third kappa shape index (κ3) is 4.77. The fraction of sp³-hybridized carbons (Fsp3) is 0.391. The molecule has 0 heterocycles. The van der Waals surface area contributed by atoms with Gasteiger partial charge in [0.1, 0.15) is 6.61 Å². The van der Waals surface area contributed by atoms with Crippen molar-refractivity contribution in [1.29, 1.82) is 0 Å². The summed E-state index contributed by atoms with van der Waals surface area (Å²) in [5.74, 6) is 3.23. The molecule has 1 aliphatic rings. The van der Waals surface area contributed by atoms with Crippen molar-refractivity contribution in [1.82, 2.24) is 5.32 Å². The Labute approximate surface area is 182 Å². The zero-order valence-electron chi connectivity index (χ0n) is 17.8. The quantitative estimate of drug-likeness (QED) is 0.561. The van der Waals surface area contributed by atoms with Crippen molar-refractivity contribution in [2.75, 3.05) is 48.1 Å². The first-order chi connectivity index (χ1) is 14.6. The summed E-state index contributed by atoms with van der Waals surface area (Å²) < 4.78 is 27.7. The van der Waals surface area contributed by atoms with Gasteiger partial charge in [-0.15, -0.1) is 0 Å². The largest absolute Gasteiger partial charge is 0.493 e. The smallest absolute Gasteiger partial charge is 0.203 e. The Morgan fingerprint density at radius 2 is 1.60 bits per heavy atom. The molecule has 6 nitrogen and oxygen atoms in total. The summed E-state index contributed by atoms with van der Waals surface area (Å²) in [6.45, 7) is 1.86. The van der Waals surface area contributed by atoms with Crippen molar-refractivity contribution in [2.45, 2.75) is 12.8 Å². The van der Waals surface area contributed by atoms with Crippen LogP contribution in [0.5, 0.6) is 28.7 Å². The first kappa shape index (κ1) is 22.1. The van der Waals surface area contributed by atoms with Crippen LogP contribution in [0, 0.1) is 0 Å². The minimum absolute atomic E-state index is 0.459. The van der Waals surface area contributed by atoms with Crippen LogP contribution in [0.2, 0.25) is 5.02 Å². The Hall–Kier alpha value is -2.57. The second-order valence-corrected chi connectivity index (χ2v) is 7.20. The molecule has 0 fully saturated rings. The summed E-state index contributed by atoms with van der Waals surface area (Å²) in [6.07, 6.45) is 4.19. The van der Waals surface area contributed by atoms with E-state index in [9.17, 15) is 0 Å². The third-order valence-electron chi connectivity index (χ3n) is 5.05.